The minimum atomic E-state index is -1.05. The number of imide groups is 1. The zero-order chi connectivity index (χ0) is 20.4. The van der Waals surface area contributed by atoms with E-state index < -0.39 is 23.8 Å². The molecule has 0 aliphatic heterocycles. The van der Waals surface area contributed by atoms with Gasteiger partial charge in [0.2, 0.25) is 5.91 Å². The molecule has 3 N–H and O–H groups in total. The van der Waals surface area contributed by atoms with Crippen LogP contribution in [0.2, 0.25) is 0 Å². The maximum Gasteiger partial charge on any atom is 0.320 e. The molecule has 0 radical (unpaired) electrons. The average molecular weight is 384 g/mol. The molecular formula is C21H24N2O5. The topological polar surface area (TPSA) is 105 Å². The smallest absolute Gasteiger partial charge is 0.320 e. The predicted octanol–water partition coefficient (Wildman–Crippen LogP) is 2.08. The summed E-state index contributed by atoms with van der Waals surface area (Å²) in [5.41, 5.74) is 2.36. The SMILES string of the molecule is COCCN[C@@H](CCC(=O)NC(=O)c1ccc(-c2ccccc2)cc1)C(=O)O. The lowest BCUT2D eigenvalue weighted by molar-refractivity contribution is -0.139. The van der Waals surface area contributed by atoms with E-state index in [2.05, 4.69) is 10.6 Å². The monoisotopic (exact) mass is 384 g/mol. The van der Waals surface area contributed by atoms with Gasteiger partial charge in [0.1, 0.15) is 6.04 Å². The van der Waals surface area contributed by atoms with Gasteiger partial charge in [-0.2, -0.15) is 0 Å². The highest BCUT2D eigenvalue weighted by Gasteiger charge is 2.19. The van der Waals surface area contributed by atoms with Gasteiger partial charge in [0.25, 0.3) is 5.91 Å². The highest BCUT2D eigenvalue weighted by atomic mass is 16.5. The lowest BCUT2D eigenvalue weighted by Gasteiger charge is -2.13. The molecule has 0 saturated heterocycles. The van der Waals surface area contributed by atoms with E-state index in [1.165, 1.54) is 7.11 Å². The van der Waals surface area contributed by atoms with Gasteiger partial charge in [-0.25, -0.2) is 0 Å². The lowest BCUT2D eigenvalue weighted by atomic mass is 10.0. The molecule has 7 heteroatoms. The van der Waals surface area contributed by atoms with Crippen molar-refractivity contribution >= 4 is 17.8 Å². The highest BCUT2D eigenvalue weighted by molar-refractivity contribution is 6.04. The van der Waals surface area contributed by atoms with Crippen LogP contribution in [-0.4, -0.2) is 49.2 Å². The van der Waals surface area contributed by atoms with E-state index in [1.54, 1.807) is 12.1 Å². The van der Waals surface area contributed by atoms with Gasteiger partial charge >= 0.3 is 5.97 Å². The third kappa shape index (κ3) is 6.61. The summed E-state index contributed by atoms with van der Waals surface area (Å²) in [6.07, 6.45) is -0.00407. The predicted molar refractivity (Wildman–Crippen MR) is 105 cm³/mol. The molecule has 0 spiro atoms. The first-order valence-corrected chi connectivity index (χ1v) is 8.96. The van der Waals surface area contributed by atoms with Crippen LogP contribution in [0.25, 0.3) is 11.1 Å². The number of ether oxygens (including phenoxy) is 1. The molecule has 2 amide bonds. The molecule has 0 heterocycles. The van der Waals surface area contributed by atoms with Crippen molar-refractivity contribution in [2.24, 2.45) is 0 Å². The fraction of sp³-hybridized carbons (Fsp3) is 0.286. The minimum Gasteiger partial charge on any atom is -0.480 e. The third-order valence-electron chi connectivity index (χ3n) is 4.16. The molecule has 2 rings (SSSR count). The van der Waals surface area contributed by atoms with E-state index in [4.69, 9.17) is 9.84 Å². The van der Waals surface area contributed by atoms with Crippen molar-refractivity contribution in [2.75, 3.05) is 20.3 Å². The Bertz CT molecular complexity index is 790. The molecule has 0 unspecified atom stereocenters. The maximum atomic E-state index is 12.2. The normalized spacial score (nSPS) is 11.6. The Kier molecular flexibility index (Phi) is 8.33. The first-order valence-electron chi connectivity index (χ1n) is 8.96. The van der Waals surface area contributed by atoms with E-state index in [1.807, 2.05) is 42.5 Å². The molecule has 2 aromatic carbocycles. The molecule has 0 saturated carbocycles. The van der Waals surface area contributed by atoms with Gasteiger partial charge in [0, 0.05) is 25.6 Å². The summed E-state index contributed by atoms with van der Waals surface area (Å²) in [6.45, 7) is 0.731. The van der Waals surface area contributed by atoms with Gasteiger partial charge in [-0.05, 0) is 29.7 Å². The van der Waals surface area contributed by atoms with Crippen LogP contribution in [0.3, 0.4) is 0 Å². The van der Waals surface area contributed by atoms with Gasteiger partial charge in [-0.1, -0.05) is 42.5 Å². The largest absolute Gasteiger partial charge is 0.480 e. The number of benzene rings is 2. The number of nitrogens with one attached hydrogen (secondary N) is 2. The van der Waals surface area contributed by atoms with E-state index in [-0.39, 0.29) is 12.8 Å². The molecule has 0 fully saturated rings. The molecule has 0 aliphatic rings. The number of aliphatic carboxylic acids is 1. The standard InChI is InChI=1S/C21H24N2O5/c1-28-14-13-22-18(21(26)27)11-12-19(24)23-20(25)17-9-7-16(8-10-17)15-5-3-2-4-6-15/h2-10,18,22H,11-14H2,1H3,(H,26,27)(H,23,24,25)/t18-/m0/s1. The van der Waals surface area contributed by atoms with Gasteiger partial charge in [-0.15, -0.1) is 0 Å². The van der Waals surface area contributed by atoms with Crippen LogP contribution in [0.5, 0.6) is 0 Å². The number of carboxylic acids is 1. The Balaban J connectivity index is 1.86. The van der Waals surface area contributed by atoms with E-state index in [0.717, 1.165) is 11.1 Å². The number of carbonyl (C=O) groups excluding carboxylic acids is 2. The summed E-state index contributed by atoms with van der Waals surface area (Å²) in [6, 6.07) is 15.8. The van der Waals surface area contributed by atoms with Gasteiger partial charge in [-0.3, -0.25) is 19.7 Å². The number of methoxy groups -OCH3 is 1. The summed E-state index contributed by atoms with van der Waals surface area (Å²) < 4.78 is 4.86. The lowest BCUT2D eigenvalue weighted by Crippen LogP contribution is -2.40. The Morgan fingerprint density at radius 2 is 1.64 bits per heavy atom. The first kappa shape index (κ1) is 21.3. The van der Waals surface area contributed by atoms with Crippen LogP contribution < -0.4 is 10.6 Å². The van der Waals surface area contributed by atoms with Crippen LogP contribution in [-0.2, 0) is 14.3 Å². The molecule has 7 nitrogen and oxygen atoms in total. The van der Waals surface area contributed by atoms with E-state index in [9.17, 15) is 14.4 Å². The Hall–Kier alpha value is -3.03. The van der Waals surface area contributed by atoms with Crippen molar-refractivity contribution in [2.45, 2.75) is 18.9 Å². The zero-order valence-electron chi connectivity index (χ0n) is 15.7. The number of amides is 2. The van der Waals surface area contributed by atoms with Crippen molar-refractivity contribution < 1.29 is 24.2 Å². The fourth-order valence-corrected chi connectivity index (χ4v) is 2.63. The van der Waals surface area contributed by atoms with Crippen LogP contribution in [0, 0.1) is 0 Å². The van der Waals surface area contributed by atoms with Crippen molar-refractivity contribution in [1.29, 1.82) is 0 Å². The third-order valence-corrected chi connectivity index (χ3v) is 4.16. The molecule has 148 valence electrons. The molecule has 1 atom stereocenters. The maximum absolute atomic E-state index is 12.2. The van der Waals surface area contributed by atoms with Gasteiger partial charge in [0.15, 0.2) is 0 Å². The van der Waals surface area contributed by atoms with Crippen LogP contribution in [0.1, 0.15) is 23.2 Å². The number of hydrogen-bond acceptors (Lipinski definition) is 5. The highest BCUT2D eigenvalue weighted by Crippen LogP contribution is 2.19. The Morgan fingerprint density at radius 1 is 1.00 bits per heavy atom. The number of carboxylic acid groups (broad SMARTS) is 1. The molecule has 0 aromatic heterocycles. The molecule has 0 bridgehead atoms. The first-order chi connectivity index (χ1) is 13.5. The average Bonchev–Trinajstić information content (AvgIpc) is 2.71. The quantitative estimate of drug-likeness (QED) is 0.542. The van der Waals surface area contributed by atoms with Gasteiger partial charge in [0.05, 0.1) is 6.61 Å². The van der Waals surface area contributed by atoms with Crippen molar-refractivity contribution in [3.8, 4) is 11.1 Å². The Labute approximate surface area is 163 Å². The summed E-state index contributed by atoms with van der Waals surface area (Å²) in [5, 5.41) is 14.2. The minimum absolute atomic E-state index is 0.0745. The van der Waals surface area contributed by atoms with Crippen LogP contribution >= 0.6 is 0 Å². The summed E-state index contributed by atoms with van der Waals surface area (Å²) in [4.78, 5) is 35.4. The Morgan fingerprint density at radius 3 is 2.25 bits per heavy atom. The molecule has 2 aromatic rings. The molecule has 0 aliphatic carbocycles. The molecule has 28 heavy (non-hydrogen) atoms. The second-order valence-electron chi connectivity index (χ2n) is 6.20. The van der Waals surface area contributed by atoms with Gasteiger partial charge < -0.3 is 15.2 Å². The fourth-order valence-electron chi connectivity index (χ4n) is 2.63. The zero-order valence-corrected chi connectivity index (χ0v) is 15.7. The van der Waals surface area contributed by atoms with E-state index in [0.29, 0.717) is 18.7 Å². The summed E-state index contributed by atoms with van der Waals surface area (Å²) in [7, 11) is 1.52. The van der Waals surface area contributed by atoms with Crippen LogP contribution in [0.15, 0.2) is 54.6 Å². The number of carbonyl (C=O) groups is 3. The molecular weight excluding hydrogens is 360 g/mol. The van der Waals surface area contributed by atoms with E-state index >= 15 is 0 Å². The van der Waals surface area contributed by atoms with Crippen molar-refractivity contribution in [1.82, 2.24) is 10.6 Å². The van der Waals surface area contributed by atoms with Crippen molar-refractivity contribution in [3.05, 3.63) is 60.2 Å². The second-order valence-corrected chi connectivity index (χ2v) is 6.20. The van der Waals surface area contributed by atoms with Crippen LogP contribution in [0.4, 0.5) is 0 Å². The summed E-state index contributed by atoms with van der Waals surface area (Å²) >= 11 is 0. The summed E-state index contributed by atoms with van der Waals surface area (Å²) in [5.74, 6) is -2.08. The second kappa shape index (κ2) is 11.0. The number of hydrogen-bond donors (Lipinski definition) is 3. The number of rotatable bonds is 10. The van der Waals surface area contributed by atoms with Crippen molar-refractivity contribution in [3.63, 3.8) is 0 Å².